The molecule has 0 aliphatic heterocycles. The predicted octanol–water partition coefficient (Wildman–Crippen LogP) is 1.81. The minimum atomic E-state index is -0.767. The highest BCUT2D eigenvalue weighted by Crippen LogP contribution is 2.26. The molecule has 1 heterocycles. The van der Waals surface area contributed by atoms with Gasteiger partial charge in [-0.15, -0.1) is 5.10 Å². The number of aromatic nitrogens is 3. The molecule has 0 saturated carbocycles. The summed E-state index contributed by atoms with van der Waals surface area (Å²) in [7, 11) is 3.39. The fraction of sp³-hybridized carbons (Fsp3) is 0.333. The minimum absolute atomic E-state index is 0.519. The van der Waals surface area contributed by atoms with Crippen LogP contribution in [0.25, 0.3) is 0 Å². The summed E-state index contributed by atoms with van der Waals surface area (Å²) < 4.78 is 7.18. The van der Waals surface area contributed by atoms with E-state index in [-0.39, 0.29) is 0 Å². The van der Waals surface area contributed by atoms with Crippen LogP contribution in [0.2, 0.25) is 0 Å². The van der Waals surface area contributed by atoms with Gasteiger partial charge in [0.05, 0.1) is 6.61 Å². The number of ether oxygens (including phenoxy) is 1. The first-order valence-electron chi connectivity index (χ1n) is 5.44. The van der Waals surface area contributed by atoms with Crippen molar-refractivity contribution in [3.05, 3.63) is 45.7 Å². The molecule has 0 spiro atoms. The van der Waals surface area contributed by atoms with Crippen molar-refractivity contribution in [2.24, 2.45) is 7.05 Å². The Hall–Kier alpha value is -1.24. The standard InChI is InChI=1S/C12H14BrN3O2/c1-16-10(12(13)14-15-16)11(17)9-5-3-4-8(6-9)7-18-2/h3-6,11,17H,7H2,1-2H3. The molecule has 18 heavy (non-hydrogen) atoms. The third-order valence-corrected chi connectivity index (χ3v) is 3.23. The maximum atomic E-state index is 10.4. The zero-order chi connectivity index (χ0) is 13.1. The largest absolute Gasteiger partial charge is 0.382 e. The fourth-order valence-electron chi connectivity index (χ4n) is 1.81. The van der Waals surface area contributed by atoms with Crippen molar-refractivity contribution in [2.45, 2.75) is 12.7 Å². The number of rotatable bonds is 4. The number of methoxy groups -OCH3 is 1. The maximum absolute atomic E-state index is 10.4. The molecule has 5 nitrogen and oxygen atoms in total. The Bertz CT molecular complexity index is 522. The van der Waals surface area contributed by atoms with Crippen LogP contribution in [0.15, 0.2) is 28.9 Å². The molecule has 1 atom stereocenters. The second-order valence-corrected chi connectivity index (χ2v) is 4.72. The number of hydrogen-bond acceptors (Lipinski definition) is 4. The maximum Gasteiger partial charge on any atom is 0.154 e. The van der Waals surface area contributed by atoms with Crippen LogP contribution in [0, 0.1) is 0 Å². The number of benzene rings is 1. The van der Waals surface area contributed by atoms with Crippen LogP contribution in [0.4, 0.5) is 0 Å². The van der Waals surface area contributed by atoms with Crippen molar-refractivity contribution < 1.29 is 9.84 Å². The molecule has 6 heteroatoms. The van der Waals surface area contributed by atoms with Gasteiger partial charge < -0.3 is 9.84 Å². The highest BCUT2D eigenvalue weighted by atomic mass is 79.9. The number of halogens is 1. The summed E-state index contributed by atoms with van der Waals surface area (Å²) in [4.78, 5) is 0. The van der Waals surface area contributed by atoms with Crippen LogP contribution in [0.3, 0.4) is 0 Å². The first kappa shape index (κ1) is 13.2. The SMILES string of the molecule is COCc1cccc(C(O)c2c(Br)nnn2C)c1. The third-order valence-electron chi connectivity index (χ3n) is 2.66. The molecule has 1 aromatic carbocycles. The Balaban J connectivity index is 2.34. The highest BCUT2D eigenvalue weighted by molar-refractivity contribution is 9.10. The monoisotopic (exact) mass is 311 g/mol. The van der Waals surface area contributed by atoms with Crippen molar-refractivity contribution >= 4 is 15.9 Å². The van der Waals surface area contributed by atoms with Gasteiger partial charge in [0.2, 0.25) is 0 Å². The second-order valence-electron chi connectivity index (χ2n) is 3.97. The Morgan fingerprint density at radius 2 is 2.28 bits per heavy atom. The fourth-order valence-corrected chi connectivity index (χ4v) is 2.35. The van der Waals surface area contributed by atoms with E-state index < -0.39 is 6.10 Å². The quantitative estimate of drug-likeness (QED) is 0.935. The molecule has 2 aromatic rings. The van der Waals surface area contributed by atoms with Gasteiger partial charge in [-0.2, -0.15) is 0 Å². The van der Waals surface area contributed by atoms with E-state index in [1.54, 1.807) is 18.8 Å². The lowest BCUT2D eigenvalue weighted by Gasteiger charge is -2.12. The average Bonchev–Trinajstić information content (AvgIpc) is 2.69. The van der Waals surface area contributed by atoms with Crippen molar-refractivity contribution in [2.75, 3.05) is 7.11 Å². The van der Waals surface area contributed by atoms with Crippen molar-refractivity contribution in [3.8, 4) is 0 Å². The molecule has 0 radical (unpaired) electrons. The lowest BCUT2D eigenvalue weighted by molar-refractivity contribution is 0.183. The molecule has 1 aromatic heterocycles. The summed E-state index contributed by atoms with van der Waals surface area (Å²) in [6, 6.07) is 7.62. The molecule has 0 saturated heterocycles. The van der Waals surface area contributed by atoms with Gasteiger partial charge in [-0.3, -0.25) is 0 Å². The summed E-state index contributed by atoms with van der Waals surface area (Å²) >= 11 is 3.29. The molecule has 0 bridgehead atoms. The van der Waals surface area contributed by atoms with Gasteiger partial charge in [-0.25, -0.2) is 4.68 Å². The molecular weight excluding hydrogens is 298 g/mol. The number of aryl methyl sites for hydroxylation is 1. The van der Waals surface area contributed by atoms with Gasteiger partial charge in [-0.05, 0) is 27.1 Å². The van der Waals surface area contributed by atoms with Gasteiger partial charge in [0, 0.05) is 14.2 Å². The summed E-state index contributed by atoms with van der Waals surface area (Å²) in [5.41, 5.74) is 2.43. The van der Waals surface area contributed by atoms with Crippen LogP contribution in [0.1, 0.15) is 22.9 Å². The Labute approximate surface area is 114 Å². The number of aliphatic hydroxyl groups excluding tert-OH is 1. The van der Waals surface area contributed by atoms with E-state index in [1.165, 1.54) is 0 Å². The van der Waals surface area contributed by atoms with Gasteiger partial charge in [0.1, 0.15) is 11.8 Å². The highest BCUT2D eigenvalue weighted by Gasteiger charge is 2.19. The van der Waals surface area contributed by atoms with Gasteiger partial charge >= 0.3 is 0 Å². The van der Waals surface area contributed by atoms with Crippen LogP contribution >= 0.6 is 15.9 Å². The molecule has 0 fully saturated rings. The Morgan fingerprint density at radius 1 is 1.50 bits per heavy atom. The number of nitrogens with zero attached hydrogens (tertiary/aromatic N) is 3. The number of hydrogen-bond donors (Lipinski definition) is 1. The van der Waals surface area contributed by atoms with Gasteiger partial charge in [-0.1, -0.05) is 29.5 Å². The predicted molar refractivity (Wildman–Crippen MR) is 69.9 cm³/mol. The van der Waals surface area contributed by atoms with Gasteiger partial charge in [0.15, 0.2) is 4.60 Å². The van der Waals surface area contributed by atoms with Crippen LogP contribution in [0.5, 0.6) is 0 Å². The lowest BCUT2D eigenvalue weighted by atomic mass is 10.0. The van der Waals surface area contributed by atoms with E-state index in [4.69, 9.17) is 4.74 Å². The molecule has 0 amide bonds. The summed E-state index contributed by atoms with van der Waals surface area (Å²) in [6.07, 6.45) is -0.767. The summed E-state index contributed by atoms with van der Waals surface area (Å²) in [6.45, 7) is 0.519. The molecule has 0 aliphatic carbocycles. The van der Waals surface area contributed by atoms with E-state index in [0.717, 1.165) is 11.1 Å². The first-order valence-corrected chi connectivity index (χ1v) is 6.23. The van der Waals surface area contributed by atoms with Crippen LogP contribution in [-0.2, 0) is 18.4 Å². The Morgan fingerprint density at radius 3 is 2.89 bits per heavy atom. The second kappa shape index (κ2) is 5.60. The van der Waals surface area contributed by atoms with Crippen LogP contribution in [-0.4, -0.2) is 27.2 Å². The van der Waals surface area contributed by atoms with E-state index in [9.17, 15) is 5.11 Å². The molecule has 1 N–H and O–H groups in total. The molecular formula is C12H14BrN3O2. The molecule has 1 unspecified atom stereocenters. The molecule has 96 valence electrons. The van der Waals surface area contributed by atoms with Gasteiger partial charge in [0.25, 0.3) is 0 Å². The first-order chi connectivity index (χ1) is 8.63. The van der Waals surface area contributed by atoms with E-state index in [2.05, 4.69) is 26.2 Å². The zero-order valence-electron chi connectivity index (χ0n) is 10.2. The minimum Gasteiger partial charge on any atom is -0.382 e. The van der Waals surface area contributed by atoms with Crippen LogP contribution < -0.4 is 0 Å². The number of aliphatic hydroxyl groups is 1. The van der Waals surface area contributed by atoms with E-state index in [0.29, 0.717) is 16.9 Å². The summed E-state index contributed by atoms with van der Waals surface area (Å²) in [5.74, 6) is 0. The molecule has 2 rings (SSSR count). The van der Waals surface area contributed by atoms with Crippen molar-refractivity contribution in [3.63, 3.8) is 0 Å². The average molecular weight is 312 g/mol. The summed E-state index contributed by atoms with van der Waals surface area (Å²) in [5, 5.41) is 18.1. The normalized spacial score (nSPS) is 12.7. The zero-order valence-corrected chi connectivity index (χ0v) is 11.8. The van der Waals surface area contributed by atoms with Crippen molar-refractivity contribution in [1.29, 1.82) is 0 Å². The van der Waals surface area contributed by atoms with Crippen molar-refractivity contribution in [1.82, 2.24) is 15.0 Å². The lowest BCUT2D eigenvalue weighted by Crippen LogP contribution is -2.07. The smallest absolute Gasteiger partial charge is 0.154 e. The topological polar surface area (TPSA) is 60.2 Å². The Kier molecular flexibility index (Phi) is 4.11. The van der Waals surface area contributed by atoms with E-state index >= 15 is 0 Å². The molecule has 0 aliphatic rings. The van der Waals surface area contributed by atoms with E-state index in [1.807, 2.05) is 24.3 Å². The third kappa shape index (κ3) is 2.60.